The van der Waals surface area contributed by atoms with Crippen molar-refractivity contribution in [1.29, 1.82) is 0 Å². The van der Waals surface area contributed by atoms with Crippen molar-refractivity contribution in [2.45, 2.75) is 6.36 Å². The van der Waals surface area contributed by atoms with Crippen LogP contribution in [0.4, 0.5) is 13.2 Å². The Labute approximate surface area is 145 Å². The normalized spacial score (nSPS) is 11.4. The first-order valence-electron chi connectivity index (χ1n) is 7.09. The highest BCUT2D eigenvalue weighted by atomic mass is 35.5. The van der Waals surface area contributed by atoms with Gasteiger partial charge in [-0.1, -0.05) is 35.9 Å². The summed E-state index contributed by atoms with van der Waals surface area (Å²) in [5.74, 6) is -0.812. The van der Waals surface area contributed by atoms with Crippen molar-refractivity contribution in [3.05, 3.63) is 71.2 Å². The zero-order valence-corrected chi connectivity index (χ0v) is 13.3. The number of carbonyl (C=O) groups is 1. The molecule has 0 aliphatic carbocycles. The molecule has 128 valence electrons. The molecule has 0 heterocycles. The Morgan fingerprint density at radius 1 is 0.880 bits per heavy atom. The van der Waals surface area contributed by atoms with E-state index in [-0.39, 0.29) is 5.56 Å². The van der Waals surface area contributed by atoms with Gasteiger partial charge in [0, 0.05) is 15.8 Å². The fraction of sp³-hybridized carbons (Fsp3) is 0.0556. The monoisotopic (exact) mass is 366 g/mol. The predicted octanol–water partition coefficient (Wildman–Crippen LogP) is 5.61. The Hall–Kier alpha value is -2.73. The summed E-state index contributed by atoms with van der Waals surface area (Å²) in [6.07, 6.45) is -4.79. The summed E-state index contributed by atoms with van der Waals surface area (Å²) in [6, 6.07) is 14.8. The van der Waals surface area contributed by atoms with E-state index in [0.717, 1.165) is 17.5 Å². The fourth-order valence-corrected chi connectivity index (χ4v) is 2.50. The molecule has 0 aliphatic rings. The molecular weight excluding hydrogens is 357 g/mol. The number of hydrogen-bond acceptors (Lipinski definition) is 3. The van der Waals surface area contributed by atoms with Gasteiger partial charge in [0.25, 0.3) is 0 Å². The maximum Gasteiger partial charge on any atom is 0.573 e. The molecular formula is C18H10ClF3O3. The molecule has 0 amide bonds. The minimum absolute atomic E-state index is 0.0913. The van der Waals surface area contributed by atoms with E-state index >= 15 is 0 Å². The van der Waals surface area contributed by atoms with E-state index in [2.05, 4.69) is 4.74 Å². The molecule has 0 aromatic heterocycles. The third kappa shape index (κ3) is 4.03. The van der Waals surface area contributed by atoms with E-state index < -0.39 is 18.1 Å². The molecule has 0 saturated heterocycles. The topological polar surface area (TPSA) is 35.5 Å². The number of rotatable bonds is 3. The lowest BCUT2D eigenvalue weighted by Gasteiger charge is -2.10. The molecule has 0 spiro atoms. The molecule has 0 radical (unpaired) electrons. The van der Waals surface area contributed by atoms with Crippen LogP contribution < -0.4 is 9.47 Å². The molecule has 0 bridgehead atoms. The van der Waals surface area contributed by atoms with E-state index in [1.165, 1.54) is 12.1 Å². The van der Waals surface area contributed by atoms with Crippen LogP contribution in [0.3, 0.4) is 0 Å². The number of fused-ring (bicyclic) bond motifs is 1. The van der Waals surface area contributed by atoms with Gasteiger partial charge in [-0.05, 0) is 36.4 Å². The van der Waals surface area contributed by atoms with Gasteiger partial charge in [-0.2, -0.15) is 0 Å². The summed E-state index contributed by atoms with van der Waals surface area (Å²) < 4.78 is 45.5. The summed E-state index contributed by atoms with van der Waals surface area (Å²) in [5, 5.41) is 1.90. The number of ether oxygens (including phenoxy) is 2. The highest BCUT2D eigenvalue weighted by Gasteiger charge is 2.31. The van der Waals surface area contributed by atoms with Crippen molar-refractivity contribution in [3.8, 4) is 11.5 Å². The largest absolute Gasteiger partial charge is 0.573 e. The van der Waals surface area contributed by atoms with E-state index in [0.29, 0.717) is 16.2 Å². The highest BCUT2D eigenvalue weighted by Crippen LogP contribution is 2.32. The lowest BCUT2D eigenvalue weighted by Crippen LogP contribution is -2.17. The zero-order chi connectivity index (χ0) is 18.0. The van der Waals surface area contributed by atoms with Crippen LogP contribution in [0.25, 0.3) is 10.8 Å². The molecule has 0 atom stereocenters. The third-order valence-electron chi connectivity index (χ3n) is 3.36. The average Bonchev–Trinajstić information content (AvgIpc) is 2.57. The van der Waals surface area contributed by atoms with Crippen LogP contribution >= 0.6 is 11.6 Å². The van der Waals surface area contributed by atoms with Crippen LogP contribution in [0.2, 0.25) is 5.02 Å². The molecule has 3 aromatic carbocycles. The van der Waals surface area contributed by atoms with Crippen LogP contribution in [0.5, 0.6) is 11.5 Å². The van der Waals surface area contributed by atoms with E-state index in [4.69, 9.17) is 16.3 Å². The Bertz CT molecular complexity index is 921. The summed E-state index contributed by atoms with van der Waals surface area (Å²) in [6.45, 7) is 0. The van der Waals surface area contributed by atoms with Gasteiger partial charge in [-0.15, -0.1) is 13.2 Å². The van der Waals surface area contributed by atoms with E-state index in [1.54, 1.807) is 36.4 Å². The molecule has 0 fully saturated rings. The molecule has 0 aliphatic heterocycles. The number of halogens is 4. The molecule has 3 aromatic rings. The highest BCUT2D eigenvalue weighted by molar-refractivity contribution is 6.35. The summed E-state index contributed by atoms with van der Waals surface area (Å²) in [7, 11) is 0. The van der Waals surface area contributed by atoms with Crippen molar-refractivity contribution >= 4 is 28.3 Å². The van der Waals surface area contributed by atoms with Gasteiger partial charge in [0.15, 0.2) is 0 Å². The lowest BCUT2D eigenvalue weighted by atomic mass is 10.1. The SMILES string of the molecule is O=C(Oc1ccc(Cl)c2ccccc12)c1ccc(OC(F)(F)F)cc1. The Balaban J connectivity index is 1.82. The molecule has 25 heavy (non-hydrogen) atoms. The van der Waals surface area contributed by atoms with Gasteiger partial charge in [0.1, 0.15) is 11.5 Å². The number of carbonyl (C=O) groups excluding carboxylic acids is 1. The fourth-order valence-electron chi connectivity index (χ4n) is 2.28. The third-order valence-corrected chi connectivity index (χ3v) is 3.69. The first kappa shape index (κ1) is 17.1. The molecule has 0 N–H and O–H groups in total. The first-order valence-corrected chi connectivity index (χ1v) is 7.46. The number of benzene rings is 3. The second kappa shape index (κ2) is 6.64. The van der Waals surface area contributed by atoms with E-state index in [1.807, 2.05) is 0 Å². The van der Waals surface area contributed by atoms with Gasteiger partial charge in [-0.25, -0.2) is 4.79 Å². The van der Waals surface area contributed by atoms with Gasteiger partial charge < -0.3 is 9.47 Å². The van der Waals surface area contributed by atoms with Crippen molar-refractivity contribution in [2.75, 3.05) is 0 Å². The summed E-state index contributed by atoms with van der Waals surface area (Å²) >= 11 is 6.11. The van der Waals surface area contributed by atoms with Gasteiger partial charge in [0.2, 0.25) is 0 Å². The van der Waals surface area contributed by atoms with Crippen LogP contribution in [0.15, 0.2) is 60.7 Å². The van der Waals surface area contributed by atoms with Crippen LogP contribution in [-0.4, -0.2) is 12.3 Å². The molecule has 0 unspecified atom stereocenters. The van der Waals surface area contributed by atoms with Crippen molar-refractivity contribution in [2.24, 2.45) is 0 Å². The van der Waals surface area contributed by atoms with Crippen molar-refractivity contribution in [1.82, 2.24) is 0 Å². The van der Waals surface area contributed by atoms with Gasteiger partial charge in [-0.3, -0.25) is 0 Å². The quantitative estimate of drug-likeness (QED) is 0.446. The zero-order valence-electron chi connectivity index (χ0n) is 12.5. The smallest absolute Gasteiger partial charge is 0.422 e. The van der Waals surface area contributed by atoms with Crippen LogP contribution in [-0.2, 0) is 0 Å². The van der Waals surface area contributed by atoms with Crippen molar-refractivity contribution in [3.63, 3.8) is 0 Å². The maximum absolute atomic E-state index is 12.2. The van der Waals surface area contributed by atoms with Crippen molar-refractivity contribution < 1.29 is 27.4 Å². The predicted molar refractivity (Wildman–Crippen MR) is 87.0 cm³/mol. The molecule has 0 saturated carbocycles. The molecule has 7 heteroatoms. The van der Waals surface area contributed by atoms with E-state index in [9.17, 15) is 18.0 Å². The maximum atomic E-state index is 12.2. The summed E-state index contributed by atoms with van der Waals surface area (Å²) in [4.78, 5) is 12.2. The van der Waals surface area contributed by atoms with Gasteiger partial charge >= 0.3 is 12.3 Å². The first-order chi connectivity index (χ1) is 11.8. The minimum atomic E-state index is -4.79. The van der Waals surface area contributed by atoms with Crippen LogP contribution in [0, 0.1) is 0 Å². The molecule has 3 rings (SSSR count). The molecule has 3 nitrogen and oxygen atoms in total. The van der Waals surface area contributed by atoms with Crippen LogP contribution in [0.1, 0.15) is 10.4 Å². The number of hydrogen-bond donors (Lipinski definition) is 0. The Morgan fingerprint density at radius 2 is 1.52 bits per heavy atom. The lowest BCUT2D eigenvalue weighted by molar-refractivity contribution is -0.274. The second-order valence-electron chi connectivity index (χ2n) is 5.05. The minimum Gasteiger partial charge on any atom is -0.422 e. The summed E-state index contributed by atoms with van der Waals surface area (Å²) in [5.41, 5.74) is 0.0913. The van der Waals surface area contributed by atoms with Gasteiger partial charge in [0.05, 0.1) is 5.56 Å². The number of alkyl halides is 3. The number of esters is 1. The standard InChI is InChI=1S/C18H10ClF3O3/c19-15-9-10-16(14-4-2-1-3-13(14)15)24-17(23)11-5-7-12(8-6-11)25-18(20,21)22/h1-10H. The Kier molecular flexibility index (Phi) is 4.55. The Morgan fingerprint density at radius 3 is 2.16 bits per heavy atom. The average molecular weight is 367 g/mol. The second-order valence-corrected chi connectivity index (χ2v) is 5.46.